The molecule has 0 spiro atoms. The Morgan fingerprint density at radius 3 is 2.14 bits per heavy atom. The van der Waals surface area contributed by atoms with Crippen LogP contribution in [0.4, 0.5) is 0 Å². The van der Waals surface area contributed by atoms with Crippen molar-refractivity contribution in [1.82, 2.24) is 4.90 Å². The molecule has 1 amide bonds. The van der Waals surface area contributed by atoms with E-state index in [0.717, 1.165) is 25.7 Å². The number of benzene rings is 1. The Bertz CT molecular complexity index is 587. The highest BCUT2D eigenvalue weighted by molar-refractivity contribution is 7.92. The molecule has 22 heavy (non-hydrogen) atoms. The number of nitrogens with zero attached hydrogens (tertiary/aromatic N) is 1. The molecule has 1 aliphatic heterocycles. The summed E-state index contributed by atoms with van der Waals surface area (Å²) in [5, 5.41) is 0. The van der Waals surface area contributed by atoms with E-state index in [1.165, 1.54) is 25.7 Å². The number of carbonyl (C=O) groups is 1. The molecule has 6 heteroatoms. The van der Waals surface area contributed by atoms with Gasteiger partial charge in [-0.3, -0.25) is 4.79 Å². The third-order valence-corrected chi connectivity index (χ3v) is 5.56. The fourth-order valence-electron chi connectivity index (χ4n) is 2.62. The average Bonchev–Trinajstić information content (AvgIpc) is 2.46. The third-order valence-electron chi connectivity index (χ3n) is 3.94. The topological polar surface area (TPSA) is 63.7 Å². The highest BCUT2D eigenvalue weighted by Crippen LogP contribution is 2.18. The Morgan fingerprint density at radius 1 is 1.05 bits per heavy atom. The second kappa shape index (κ2) is 7.63. The van der Waals surface area contributed by atoms with Crippen molar-refractivity contribution in [2.75, 3.05) is 26.0 Å². The SMILES string of the molecule is COc1ccc(S(=O)(=O)CC(=O)N2CCCCCCC2)cc1. The van der Waals surface area contributed by atoms with Crippen LogP contribution in [0.5, 0.6) is 5.75 Å². The van der Waals surface area contributed by atoms with E-state index in [2.05, 4.69) is 0 Å². The first-order chi connectivity index (χ1) is 10.5. The maximum atomic E-state index is 12.4. The first-order valence-corrected chi connectivity index (χ1v) is 9.33. The van der Waals surface area contributed by atoms with Crippen molar-refractivity contribution in [1.29, 1.82) is 0 Å². The van der Waals surface area contributed by atoms with Crippen molar-refractivity contribution >= 4 is 15.7 Å². The van der Waals surface area contributed by atoms with Crippen LogP contribution in [-0.4, -0.2) is 45.2 Å². The summed E-state index contributed by atoms with van der Waals surface area (Å²) in [6.45, 7) is 1.33. The lowest BCUT2D eigenvalue weighted by atomic mass is 10.1. The number of hydrogen-bond donors (Lipinski definition) is 0. The largest absolute Gasteiger partial charge is 0.497 e. The quantitative estimate of drug-likeness (QED) is 0.852. The number of sulfone groups is 1. The molecule has 1 aromatic rings. The van der Waals surface area contributed by atoms with Crippen molar-refractivity contribution in [3.63, 3.8) is 0 Å². The molecule has 1 heterocycles. The van der Waals surface area contributed by atoms with E-state index < -0.39 is 15.6 Å². The van der Waals surface area contributed by atoms with Crippen LogP contribution in [0.2, 0.25) is 0 Å². The smallest absolute Gasteiger partial charge is 0.238 e. The average molecular weight is 325 g/mol. The Balaban J connectivity index is 2.04. The van der Waals surface area contributed by atoms with Gasteiger partial charge in [-0.1, -0.05) is 19.3 Å². The van der Waals surface area contributed by atoms with Gasteiger partial charge < -0.3 is 9.64 Å². The zero-order valence-corrected chi connectivity index (χ0v) is 13.8. The van der Waals surface area contributed by atoms with E-state index in [0.29, 0.717) is 18.8 Å². The van der Waals surface area contributed by atoms with Crippen LogP contribution in [0.3, 0.4) is 0 Å². The molecule has 1 saturated heterocycles. The minimum atomic E-state index is -3.60. The Labute approximate surface area is 132 Å². The summed E-state index contributed by atoms with van der Waals surface area (Å²) in [6, 6.07) is 6.14. The zero-order chi connectivity index (χ0) is 16.0. The lowest BCUT2D eigenvalue weighted by Crippen LogP contribution is -2.37. The summed E-state index contributed by atoms with van der Waals surface area (Å²) in [4.78, 5) is 14.2. The maximum absolute atomic E-state index is 12.4. The van der Waals surface area contributed by atoms with Gasteiger partial charge in [-0.05, 0) is 37.1 Å². The molecule has 2 rings (SSSR count). The van der Waals surface area contributed by atoms with Crippen LogP contribution >= 0.6 is 0 Å². The van der Waals surface area contributed by atoms with Crippen molar-refractivity contribution in [3.8, 4) is 5.75 Å². The minimum Gasteiger partial charge on any atom is -0.497 e. The molecule has 0 N–H and O–H groups in total. The lowest BCUT2D eigenvalue weighted by molar-refractivity contribution is -0.128. The van der Waals surface area contributed by atoms with Crippen molar-refractivity contribution in [2.45, 2.75) is 37.0 Å². The van der Waals surface area contributed by atoms with Gasteiger partial charge in [0.05, 0.1) is 12.0 Å². The van der Waals surface area contributed by atoms with Gasteiger partial charge >= 0.3 is 0 Å². The number of carbonyl (C=O) groups excluding carboxylic acids is 1. The summed E-state index contributed by atoms with van der Waals surface area (Å²) >= 11 is 0. The molecule has 5 nitrogen and oxygen atoms in total. The molecule has 0 unspecified atom stereocenters. The highest BCUT2D eigenvalue weighted by atomic mass is 32.2. The molecule has 0 aliphatic carbocycles. The second-order valence-electron chi connectivity index (χ2n) is 5.58. The number of methoxy groups -OCH3 is 1. The van der Waals surface area contributed by atoms with Crippen LogP contribution in [0.1, 0.15) is 32.1 Å². The molecule has 0 aromatic heterocycles. The molecule has 122 valence electrons. The summed E-state index contributed by atoms with van der Waals surface area (Å²) in [5.41, 5.74) is 0. The molecule has 0 atom stereocenters. The molecule has 1 aliphatic rings. The van der Waals surface area contributed by atoms with Crippen LogP contribution < -0.4 is 4.74 Å². The van der Waals surface area contributed by atoms with Crippen LogP contribution in [0.15, 0.2) is 29.2 Å². The van der Waals surface area contributed by atoms with Crippen LogP contribution in [0.25, 0.3) is 0 Å². The predicted molar refractivity (Wildman–Crippen MR) is 84.7 cm³/mol. The van der Waals surface area contributed by atoms with E-state index >= 15 is 0 Å². The molecule has 0 radical (unpaired) electrons. The van der Waals surface area contributed by atoms with Gasteiger partial charge in [0.25, 0.3) is 0 Å². The third kappa shape index (κ3) is 4.47. The van der Waals surface area contributed by atoms with Crippen LogP contribution in [0, 0.1) is 0 Å². The van der Waals surface area contributed by atoms with E-state index in [9.17, 15) is 13.2 Å². The van der Waals surface area contributed by atoms with Gasteiger partial charge in [0.15, 0.2) is 9.84 Å². The Morgan fingerprint density at radius 2 is 1.59 bits per heavy atom. The van der Waals surface area contributed by atoms with E-state index in [1.807, 2.05) is 0 Å². The van der Waals surface area contributed by atoms with E-state index in [-0.39, 0.29) is 10.8 Å². The number of rotatable bonds is 4. The van der Waals surface area contributed by atoms with Crippen molar-refractivity contribution < 1.29 is 17.9 Å². The molecule has 1 fully saturated rings. The minimum absolute atomic E-state index is 0.161. The van der Waals surface area contributed by atoms with Gasteiger partial charge in [-0.25, -0.2) is 8.42 Å². The Hall–Kier alpha value is -1.56. The van der Waals surface area contributed by atoms with Crippen LogP contribution in [-0.2, 0) is 14.6 Å². The first kappa shape index (κ1) is 16.8. The summed E-state index contributed by atoms with van der Waals surface area (Å²) in [7, 11) is -2.08. The number of likely N-dealkylation sites (tertiary alicyclic amines) is 1. The molecular formula is C16H23NO4S. The summed E-state index contributed by atoms with van der Waals surface area (Å²) in [5.74, 6) is -0.161. The highest BCUT2D eigenvalue weighted by Gasteiger charge is 2.23. The fourth-order valence-corrected chi connectivity index (χ4v) is 3.84. The second-order valence-corrected chi connectivity index (χ2v) is 7.57. The van der Waals surface area contributed by atoms with Crippen molar-refractivity contribution in [3.05, 3.63) is 24.3 Å². The normalized spacial score (nSPS) is 16.7. The van der Waals surface area contributed by atoms with Gasteiger partial charge in [0.2, 0.25) is 5.91 Å². The lowest BCUT2D eigenvalue weighted by Gasteiger charge is -2.24. The number of ether oxygens (including phenoxy) is 1. The molecule has 0 saturated carbocycles. The van der Waals surface area contributed by atoms with Gasteiger partial charge in [-0.15, -0.1) is 0 Å². The molecular weight excluding hydrogens is 302 g/mol. The Kier molecular flexibility index (Phi) is 5.83. The summed E-state index contributed by atoms with van der Waals surface area (Å²) in [6.07, 6.45) is 5.32. The predicted octanol–water partition coefficient (Wildman–Crippen LogP) is 2.26. The monoisotopic (exact) mass is 325 g/mol. The molecule has 1 aromatic carbocycles. The maximum Gasteiger partial charge on any atom is 0.238 e. The molecule has 0 bridgehead atoms. The number of amides is 1. The van der Waals surface area contributed by atoms with Gasteiger partial charge in [0.1, 0.15) is 11.5 Å². The van der Waals surface area contributed by atoms with E-state index in [1.54, 1.807) is 17.0 Å². The first-order valence-electron chi connectivity index (χ1n) is 7.67. The summed E-state index contributed by atoms with van der Waals surface area (Å²) < 4.78 is 29.7. The van der Waals surface area contributed by atoms with Gasteiger partial charge in [0, 0.05) is 13.1 Å². The van der Waals surface area contributed by atoms with E-state index in [4.69, 9.17) is 4.74 Å². The zero-order valence-electron chi connectivity index (χ0n) is 13.0. The van der Waals surface area contributed by atoms with Gasteiger partial charge in [-0.2, -0.15) is 0 Å². The number of hydrogen-bond acceptors (Lipinski definition) is 4. The fraction of sp³-hybridized carbons (Fsp3) is 0.562. The standard InChI is InChI=1S/C16H23NO4S/c1-21-14-7-9-15(10-8-14)22(19,20)13-16(18)17-11-5-3-2-4-6-12-17/h7-10H,2-6,11-13H2,1H3. The van der Waals surface area contributed by atoms with Crippen molar-refractivity contribution in [2.24, 2.45) is 0 Å².